The van der Waals surface area contributed by atoms with E-state index >= 15 is 0 Å². The molecule has 1 rings (SSSR count). The van der Waals surface area contributed by atoms with Gasteiger partial charge in [0, 0.05) is 11.0 Å². The molecule has 8 heteroatoms. The van der Waals surface area contributed by atoms with Gasteiger partial charge >= 0.3 is 0 Å². The number of carbonyl (C=O) groups is 1. The summed E-state index contributed by atoms with van der Waals surface area (Å²) in [4.78, 5) is 17.5. The summed E-state index contributed by atoms with van der Waals surface area (Å²) in [6, 6.07) is 1.71. The maximum absolute atomic E-state index is 13.7. The molecule has 0 saturated carbocycles. The van der Waals surface area contributed by atoms with Gasteiger partial charge in [-0.2, -0.15) is 0 Å². The normalized spacial score (nSPS) is 12.5. The SMILES string of the molecule is CONS(=O)(=O)c1cc(C(=O)C(C)(C)C)c(Cl)cc1F. The fourth-order valence-corrected chi connectivity index (χ4v) is 2.60. The Kier molecular flexibility index (Phi) is 4.91. The number of nitrogens with one attached hydrogen (secondary N) is 1. The first-order chi connectivity index (χ1) is 9.00. The molecule has 0 amide bonds. The molecule has 0 heterocycles. The van der Waals surface area contributed by atoms with E-state index in [1.807, 2.05) is 0 Å². The van der Waals surface area contributed by atoms with Crippen molar-refractivity contribution in [3.8, 4) is 0 Å². The number of halogens is 2. The Morgan fingerprint density at radius 2 is 1.90 bits per heavy atom. The maximum atomic E-state index is 13.7. The van der Waals surface area contributed by atoms with E-state index in [1.54, 1.807) is 25.7 Å². The highest BCUT2D eigenvalue weighted by molar-refractivity contribution is 7.89. The number of hydrogen-bond donors (Lipinski definition) is 1. The largest absolute Gasteiger partial charge is 0.294 e. The second-order valence-corrected chi connectivity index (χ2v) is 7.15. The van der Waals surface area contributed by atoms with Gasteiger partial charge < -0.3 is 0 Å². The van der Waals surface area contributed by atoms with E-state index in [0.717, 1.165) is 19.2 Å². The van der Waals surface area contributed by atoms with Crippen LogP contribution in [0.3, 0.4) is 0 Å². The highest BCUT2D eigenvalue weighted by atomic mass is 35.5. The molecule has 0 spiro atoms. The van der Waals surface area contributed by atoms with Gasteiger partial charge in [-0.05, 0) is 12.1 Å². The van der Waals surface area contributed by atoms with Crippen molar-refractivity contribution in [3.05, 3.63) is 28.5 Å². The summed E-state index contributed by atoms with van der Waals surface area (Å²) in [5.41, 5.74) is -0.839. The van der Waals surface area contributed by atoms with Gasteiger partial charge in [-0.1, -0.05) is 37.3 Å². The predicted octanol–water partition coefficient (Wildman–Crippen LogP) is 2.55. The molecule has 0 aliphatic rings. The first-order valence-electron chi connectivity index (χ1n) is 5.59. The summed E-state index contributed by atoms with van der Waals surface area (Å²) in [7, 11) is -3.14. The number of Topliss-reactive ketones (excluding diaryl/α,β-unsaturated/α-hetero) is 1. The summed E-state index contributed by atoms with van der Waals surface area (Å²) in [6.07, 6.45) is 0. The van der Waals surface area contributed by atoms with Gasteiger partial charge in [-0.15, -0.1) is 0 Å². The second-order valence-electron chi connectivity index (χ2n) is 5.13. The van der Waals surface area contributed by atoms with E-state index in [-0.39, 0.29) is 10.6 Å². The van der Waals surface area contributed by atoms with Gasteiger partial charge in [0.1, 0.15) is 10.7 Å². The van der Waals surface area contributed by atoms with E-state index < -0.39 is 31.9 Å². The molecule has 5 nitrogen and oxygen atoms in total. The van der Waals surface area contributed by atoms with Crippen molar-refractivity contribution < 1.29 is 22.4 Å². The smallest absolute Gasteiger partial charge is 0.265 e. The minimum Gasteiger partial charge on any atom is -0.294 e. The molecule has 0 saturated heterocycles. The molecule has 1 N–H and O–H groups in total. The first-order valence-corrected chi connectivity index (χ1v) is 7.45. The zero-order chi connectivity index (χ0) is 15.7. The molecule has 112 valence electrons. The Morgan fingerprint density at radius 1 is 1.35 bits per heavy atom. The third-order valence-corrected chi connectivity index (χ3v) is 4.02. The Hall–Kier alpha value is -1.02. The molecule has 0 fully saturated rings. The van der Waals surface area contributed by atoms with Gasteiger partial charge in [0.2, 0.25) is 0 Å². The standard InChI is InChI=1S/C12H15ClFNO4S/c1-12(2,3)11(16)7-5-10(9(14)6-8(7)13)20(17,18)15-19-4/h5-6,15H,1-4H3. The van der Waals surface area contributed by atoms with Crippen molar-refractivity contribution in [1.29, 1.82) is 0 Å². The van der Waals surface area contributed by atoms with Crippen LogP contribution in [-0.4, -0.2) is 21.3 Å². The number of rotatable bonds is 4. The van der Waals surface area contributed by atoms with Crippen LogP contribution in [0, 0.1) is 11.2 Å². The van der Waals surface area contributed by atoms with Crippen LogP contribution >= 0.6 is 11.6 Å². The minimum absolute atomic E-state index is 0.0583. The lowest BCUT2D eigenvalue weighted by atomic mass is 9.86. The van der Waals surface area contributed by atoms with E-state index in [2.05, 4.69) is 4.84 Å². The lowest BCUT2D eigenvalue weighted by Crippen LogP contribution is -2.25. The summed E-state index contributed by atoms with van der Waals surface area (Å²) >= 11 is 5.82. The minimum atomic E-state index is -4.22. The van der Waals surface area contributed by atoms with Gasteiger partial charge in [0.05, 0.1) is 12.1 Å². The molecule has 0 aromatic heterocycles. The third-order valence-electron chi connectivity index (χ3n) is 2.43. The highest BCUT2D eigenvalue weighted by Gasteiger charge is 2.29. The number of ketones is 1. The van der Waals surface area contributed by atoms with Gasteiger partial charge in [-0.25, -0.2) is 12.8 Å². The Labute approximate surface area is 122 Å². The fourth-order valence-electron chi connectivity index (χ4n) is 1.47. The molecule has 0 unspecified atom stereocenters. The number of sulfonamides is 1. The monoisotopic (exact) mass is 323 g/mol. The fraction of sp³-hybridized carbons (Fsp3) is 0.417. The first kappa shape index (κ1) is 17.0. The van der Waals surface area contributed by atoms with Crippen molar-refractivity contribution in [1.82, 2.24) is 4.89 Å². The number of carbonyl (C=O) groups excluding carboxylic acids is 1. The molecule has 0 aliphatic carbocycles. The molecule has 20 heavy (non-hydrogen) atoms. The molecule has 0 aliphatic heterocycles. The van der Waals surface area contributed by atoms with Crippen LogP contribution in [0.4, 0.5) is 4.39 Å². The summed E-state index contributed by atoms with van der Waals surface area (Å²) in [5, 5.41) is -0.140. The molecule has 1 aromatic rings. The van der Waals surface area contributed by atoms with Gasteiger partial charge in [0.25, 0.3) is 10.0 Å². The molecular formula is C12H15ClFNO4S. The Morgan fingerprint density at radius 3 is 2.35 bits per heavy atom. The van der Waals surface area contributed by atoms with Crippen LogP contribution in [0.2, 0.25) is 5.02 Å². The van der Waals surface area contributed by atoms with Crippen LogP contribution in [-0.2, 0) is 14.9 Å². The van der Waals surface area contributed by atoms with Crippen molar-refractivity contribution in [2.45, 2.75) is 25.7 Å². The molecular weight excluding hydrogens is 309 g/mol. The van der Waals surface area contributed by atoms with Crippen molar-refractivity contribution >= 4 is 27.4 Å². The molecule has 0 radical (unpaired) electrons. The van der Waals surface area contributed by atoms with Crippen LogP contribution in [0.15, 0.2) is 17.0 Å². The average Bonchev–Trinajstić information content (AvgIpc) is 2.26. The second kappa shape index (κ2) is 5.77. The summed E-state index contributed by atoms with van der Waals surface area (Å²) in [5.74, 6) is -1.46. The number of benzene rings is 1. The van der Waals surface area contributed by atoms with Crippen LogP contribution < -0.4 is 4.89 Å². The number of hydrogen-bond acceptors (Lipinski definition) is 4. The summed E-state index contributed by atoms with van der Waals surface area (Å²) < 4.78 is 37.3. The molecule has 0 atom stereocenters. The van der Waals surface area contributed by atoms with E-state index in [9.17, 15) is 17.6 Å². The zero-order valence-electron chi connectivity index (χ0n) is 11.5. The van der Waals surface area contributed by atoms with Crippen LogP contribution in [0.5, 0.6) is 0 Å². The van der Waals surface area contributed by atoms with Gasteiger partial charge in [-0.3, -0.25) is 9.63 Å². The topological polar surface area (TPSA) is 72.5 Å². The van der Waals surface area contributed by atoms with Crippen molar-refractivity contribution in [2.75, 3.05) is 7.11 Å². The predicted molar refractivity (Wildman–Crippen MR) is 72.5 cm³/mol. The molecule has 1 aromatic carbocycles. The van der Waals surface area contributed by atoms with E-state index in [0.29, 0.717) is 0 Å². The lowest BCUT2D eigenvalue weighted by molar-refractivity contribution is 0.0858. The quantitative estimate of drug-likeness (QED) is 0.682. The van der Waals surface area contributed by atoms with E-state index in [1.165, 1.54) is 0 Å². The van der Waals surface area contributed by atoms with Crippen molar-refractivity contribution in [2.24, 2.45) is 5.41 Å². The Bertz CT molecular complexity index is 638. The summed E-state index contributed by atoms with van der Waals surface area (Å²) in [6.45, 7) is 4.95. The highest BCUT2D eigenvalue weighted by Crippen LogP contribution is 2.29. The average molecular weight is 324 g/mol. The maximum Gasteiger partial charge on any atom is 0.265 e. The van der Waals surface area contributed by atoms with Crippen LogP contribution in [0.25, 0.3) is 0 Å². The van der Waals surface area contributed by atoms with Crippen molar-refractivity contribution in [3.63, 3.8) is 0 Å². The lowest BCUT2D eigenvalue weighted by Gasteiger charge is -2.18. The van der Waals surface area contributed by atoms with Crippen LogP contribution in [0.1, 0.15) is 31.1 Å². The third kappa shape index (κ3) is 3.54. The van der Waals surface area contributed by atoms with E-state index in [4.69, 9.17) is 11.6 Å². The zero-order valence-corrected chi connectivity index (χ0v) is 13.0. The molecule has 0 bridgehead atoms. The van der Waals surface area contributed by atoms with Gasteiger partial charge in [0.15, 0.2) is 5.78 Å². The Balaban J connectivity index is 3.49.